The number of halogens is 1. The van der Waals surface area contributed by atoms with Crippen molar-refractivity contribution in [2.75, 3.05) is 7.11 Å². The Labute approximate surface area is 124 Å². The van der Waals surface area contributed by atoms with Gasteiger partial charge in [-0.3, -0.25) is 0 Å². The molecule has 2 aromatic heterocycles. The largest absolute Gasteiger partial charge is 0.496 e. The maximum atomic E-state index is 6.07. The molecule has 5 nitrogen and oxygen atoms in total. The number of fused-ring (bicyclic) bond motifs is 1. The summed E-state index contributed by atoms with van der Waals surface area (Å²) < 4.78 is 7.23. The Balaban J connectivity index is 1.87. The number of hydrogen-bond acceptors (Lipinski definition) is 5. The zero-order chi connectivity index (χ0) is 13.7. The van der Waals surface area contributed by atoms with Crippen molar-refractivity contribution in [2.45, 2.75) is 18.8 Å². The molecule has 1 aliphatic rings. The van der Waals surface area contributed by atoms with E-state index in [1.165, 1.54) is 24.2 Å². The molecule has 0 bridgehead atoms. The zero-order valence-corrected chi connectivity index (χ0v) is 12.3. The maximum Gasteiger partial charge on any atom is 0.234 e. The lowest BCUT2D eigenvalue weighted by atomic mass is 10.2. The Morgan fingerprint density at radius 3 is 2.95 bits per heavy atom. The average Bonchev–Trinajstić information content (AvgIpc) is 3.08. The molecule has 1 saturated carbocycles. The number of methoxy groups -OCH3 is 1. The fourth-order valence-corrected chi connectivity index (χ4v) is 3.22. The first-order chi connectivity index (χ1) is 9.76. The van der Waals surface area contributed by atoms with Crippen molar-refractivity contribution in [3.63, 3.8) is 0 Å². The van der Waals surface area contributed by atoms with E-state index in [9.17, 15) is 0 Å². The highest BCUT2D eigenvalue weighted by atomic mass is 35.5. The van der Waals surface area contributed by atoms with Crippen molar-refractivity contribution in [3.05, 3.63) is 29.0 Å². The van der Waals surface area contributed by atoms with Crippen molar-refractivity contribution in [1.82, 2.24) is 19.8 Å². The summed E-state index contributed by atoms with van der Waals surface area (Å²) in [6, 6.07) is 5.52. The number of rotatable bonds is 3. The highest BCUT2D eigenvalue weighted by Crippen LogP contribution is 2.40. The lowest BCUT2D eigenvalue weighted by molar-refractivity contribution is 0.416. The van der Waals surface area contributed by atoms with Gasteiger partial charge in [0.15, 0.2) is 10.8 Å². The molecule has 20 heavy (non-hydrogen) atoms. The first-order valence-electron chi connectivity index (χ1n) is 6.32. The van der Waals surface area contributed by atoms with Crippen LogP contribution in [0.4, 0.5) is 0 Å². The predicted octanol–water partition coefficient (Wildman–Crippen LogP) is 3.39. The van der Waals surface area contributed by atoms with Gasteiger partial charge in [0, 0.05) is 10.9 Å². The topological polar surface area (TPSA) is 52.3 Å². The number of benzene rings is 1. The molecule has 0 spiro atoms. The number of hydrogen-bond donors (Lipinski definition) is 0. The van der Waals surface area contributed by atoms with Crippen LogP contribution in [0, 0.1) is 0 Å². The van der Waals surface area contributed by atoms with Crippen LogP contribution in [-0.4, -0.2) is 26.9 Å². The third-order valence-corrected chi connectivity index (χ3v) is 4.52. The van der Waals surface area contributed by atoms with Crippen LogP contribution < -0.4 is 4.74 Å². The first-order valence-corrected chi connectivity index (χ1v) is 7.52. The number of aromatic nitrogens is 4. The van der Waals surface area contributed by atoms with Crippen LogP contribution in [0.2, 0.25) is 5.02 Å². The Kier molecular flexibility index (Phi) is 2.68. The predicted molar refractivity (Wildman–Crippen MR) is 77.6 cm³/mol. The Morgan fingerprint density at radius 2 is 2.20 bits per heavy atom. The van der Waals surface area contributed by atoms with Gasteiger partial charge < -0.3 is 4.74 Å². The van der Waals surface area contributed by atoms with Crippen LogP contribution in [0.3, 0.4) is 0 Å². The molecule has 1 aromatic carbocycles. The zero-order valence-electron chi connectivity index (χ0n) is 10.7. The van der Waals surface area contributed by atoms with E-state index < -0.39 is 0 Å². The molecule has 1 fully saturated rings. The second-order valence-electron chi connectivity index (χ2n) is 4.78. The molecule has 0 radical (unpaired) electrons. The van der Waals surface area contributed by atoms with E-state index in [2.05, 4.69) is 15.3 Å². The summed E-state index contributed by atoms with van der Waals surface area (Å²) in [5.41, 5.74) is 0.886. The second kappa shape index (κ2) is 4.43. The van der Waals surface area contributed by atoms with Crippen LogP contribution in [0.25, 0.3) is 15.5 Å². The molecular weight excluding hydrogens is 296 g/mol. The summed E-state index contributed by atoms with van der Waals surface area (Å²) in [4.78, 5) is 0.809. The molecule has 102 valence electrons. The summed E-state index contributed by atoms with van der Waals surface area (Å²) in [5, 5.41) is 14.5. The lowest BCUT2D eigenvalue weighted by Gasteiger charge is -2.05. The van der Waals surface area contributed by atoms with E-state index in [0.29, 0.717) is 10.9 Å². The van der Waals surface area contributed by atoms with Crippen LogP contribution in [0.5, 0.6) is 5.75 Å². The molecule has 2 heterocycles. The van der Waals surface area contributed by atoms with Gasteiger partial charge in [0.05, 0.1) is 12.7 Å². The molecule has 4 rings (SSSR count). The summed E-state index contributed by atoms with van der Waals surface area (Å²) in [5.74, 6) is 2.23. The fraction of sp³-hybridized carbons (Fsp3) is 0.308. The van der Waals surface area contributed by atoms with Gasteiger partial charge in [0.1, 0.15) is 5.75 Å². The summed E-state index contributed by atoms with van der Waals surface area (Å²) in [6.45, 7) is 0. The second-order valence-corrected chi connectivity index (χ2v) is 6.17. The van der Waals surface area contributed by atoms with E-state index in [4.69, 9.17) is 16.3 Å². The van der Waals surface area contributed by atoms with Gasteiger partial charge in [-0.1, -0.05) is 22.9 Å². The van der Waals surface area contributed by atoms with Gasteiger partial charge in [-0.2, -0.15) is 9.61 Å². The molecule has 7 heteroatoms. The third kappa shape index (κ3) is 1.87. The van der Waals surface area contributed by atoms with Crippen molar-refractivity contribution >= 4 is 27.9 Å². The fourth-order valence-electron chi connectivity index (χ4n) is 2.18. The highest BCUT2D eigenvalue weighted by molar-refractivity contribution is 7.19. The van der Waals surface area contributed by atoms with E-state index >= 15 is 0 Å². The molecule has 0 aliphatic heterocycles. The van der Waals surface area contributed by atoms with Gasteiger partial charge in [0.2, 0.25) is 4.96 Å². The van der Waals surface area contributed by atoms with Gasteiger partial charge in [-0.25, -0.2) is 0 Å². The number of ether oxygens (including phenoxy) is 1. The Morgan fingerprint density at radius 1 is 1.35 bits per heavy atom. The third-order valence-electron chi connectivity index (χ3n) is 3.35. The number of nitrogens with zero attached hydrogens (tertiary/aromatic N) is 4. The van der Waals surface area contributed by atoms with Gasteiger partial charge in [-0.05, 0) is 31.0 Å². The average molecular weight is 307 g/mol. The van der Waals surface area contributed by atoms with Gasteiger partial charge >= 0.3 is 0 Å². The van der Waals surface area contributed by atoms with E-state index in [1.54, 1.807) is 13.2 Å². The van der Waals surface area contributed by atoms with Crippen molar-refractivity contribution in [2.24, 2.45) is 0 Å². The molecule has 0 saturated heterocycles. The van der Waals surface area contributed by atoms with E-state index in [-0.39, 0.29) is 0 Å². The summed E-state index contributed by atoms with van der Waals surface area (Å²) >= 11 is 7.57. The standard InChI is InChI=1S/C13H11ClN4OS/c1-19-10-5-4-8(14)6-9(10)12-17-18-11(7-2-3-7)15-16-13(18)20-12/h4-7H,2-3H2,1H3. The van der Waals surface area contributed by atoms with Crippen molar-refractivity contribution in [1.29, 1.82) is 0 Å². The molecule has 0 atom stereocenters. The molecule has 0 amide bonds. The minimum Gasteiger partial charge on any atom is -0.496 e. The molecular formula is C13H11ClN4OS. The van der Waals surface area contributed by atoms with Gasteiger partial charge in [-0.15, -0.1) is 10.2 Å². The quantitative estimate of drug-likeness (QED) is 0.744. The molecule has 1 aliphatic carbocycles. The van der Waals surface area contributed by atoms with Gasteiger partial charge in [0.25, 0.3) is 0 Å². The Bertz CT molecular complexity index is 793. The van der Waals surface area contributed by atoms with E-state index in [1.807, 2.05) is 16.6 Å². The monoisotopic (exact) mass is 306 g/mol. The molecule has 0 N–H and O–H groups in total. The van der Waals surface area contributed by atoms with Crippen molar-refractivity contribution in [3.8, 4) is 16.3 Å². The summed E-state index contributed by atoms with van der Waals surface area (Å²) in [6.07, 6.45) is 2.35. The van der Waals surface area contributed by atoms with E-state index in [0.717, 1.165) is 27.1 Å². The molecule has 3 aromatic rings. The SMILES string of the molecule is COc1ccc(Cl)cc1-c1nn2c(C3CC3)nnc2s1. The summed E-state index contributed by atoms with van der Waals surface area (Å²) in [7, 11) is 1.64. The van der Waals surface area contributed by atoms with Crippen LogP contribution in [0.15, 0.2) is 18.2 Å². The van der Waals surface area contributed by atoms with Crippen molar-refractivity contribution < 1.29 is 4.74 Å². The van der Waals surface area contributed by atoms with Crippen LogP contribution >= 0.6 is 22.9 Å². The maximum absolute atomic E-state index is 6.07. The minimum atomic E-state index is 0.515. The first kappa shape index (κ1) is 12.1. The lowest BCUT2D eigenvalue weighted by Crippen LogP contribution is -1.94. The smallest absolute Gasteiger partial charge is 0.234 e. The molecule has 0 unspecified atom stereocenters. The van der Waals surface area contributed by atoms with Crippen LogP contribution in [-0.2, 0) is 0 Å². The minimum absolute atomic E-state index is 0.515. The normalized spacial score (nSPS) is 14.9. The highest BCUT2D eigenvalue weighted by Gasteiger charge is 2.30. The Hall–Kier alpha value is -1.66. The van der Waals surface area contributed by atoms with Crippen LogP contribution in [0.1, 0.15) is 24.6 Å².